The Morgan fingerprint density at radius 1 is 1.21 bits per heavy atom. The van der Waals surface area contributed by atoms with Crippen LogP contribution in [-0.2, 0) is 20.0 Å². The molecule has 4 nitrogen and oxygen atoms in total. The summed E-state index contributed by atoms with van der Waals surface area (Å²) in [5, 5.41) is 3.63. The molecule has 0 saturated heterocycles. The summed E-state index contributed by atoms with van der Waals surface area (Å²) in [5.41, 5.74) is 6.44. The quantitative estimate of drug-likeness (QED) is 0.616. The van der Waals surface area contributed by atoms with E-state index in [4.69, 9.17) is 0 Å². The minimum Gasteiger partial charge on any atom is -0.364 e. The van der Waals surface area contributed by atoms with Crippen molar-refractivity contribution in [3.63, 3.8) is 0 Å². The number of hydrogen-bond acceptors (Lipinski definition) is 3. The average molecular weight is 437 g/mol. The first-order valence-electron chi connectivity index (χ1n) is 9.55. The van der Waals surface area contributed by atoms with Gasteiger partial charge in [0.2, 0.25) is 0 Å². The second-order valence-corrected chi connectivity index (χ2v) is 8.51. The fraction of sp³-hybridized carbons (Fsp3) is 0.261. The van der Waals surface area contributed by atoms with Crippen LogP contribution in [0.3, 0.4) is 0 Å². The van der Waals surface area contributed by atoms with Crippen LogP contribution in [0.1, 0.15) is 11.3 Å². The van der Waals surface area contributed by atoms with Crippen molar-refractivity contribution in [3.05, 3.63) is 83.4 Å². The Labute approximate surface area is 175 Å². The molecule has 0 spiro atoms. The van der Waals surface area contributed by atoms with Gasteiger partial charge < -0.3 is 14.8 Å². The molecule has 1 unspecified atom stereocenters. The average Bonchev–Trinajstić information content (AvgIpc) is 3.11. The normalized spacial score (nSPS) is 16.1. The summed E-state index contributed by atoms with van der Waals surface area (Å²) in [7, 11) is 2.05. The number of hydrogen-bond donors (Lipinski definition) is 1. The molecule has 0 fully saturated rings. The van der Waals surface area contributed by atoms with Gasteiger partial charge in [0.05, 0.1) is 18.6 Å². The molecule has 2 aromatic carbocycles. The SMILES string of the molecule is C=C(Br)CNC1Cc2cc(-c3ccccc3)ccc2N(Cc2cncn2C)C1. The van der Waals surface area contributed by atoms with Crippen molar-refractivity contribution >= 4 is 21.6 Å². The fourth-order valence-electron chi connectivity index (χ4n) is 3.84. The summed E-state index contributed by atoms with van der Waals surface area (Å²) in [6.45, 7) is 6.54. The number of nitrogens with zero attached hydrogens (tertiary/aromatic N) is 3. The van der Waals surface area contributed by atoms with Gasteiger partial charge in [0, 0.05) is 42.5 Å². The summed E-state index contributed by atoms with van der Waals surface area (Å²) in [4.78, 5) is 6.74. The number of fused-ring (bicyclic) bond motifs is 1. The molecular weight excluding hydrogens is 412 g/mol. The number of aryl methyl sites for hydroxylation is 1. The second kappa shape index (κ2) is 8.33. The van der Waals surface area contributed by atoms with Gasteiger partial charge in [-0.1, -0.05) is 58.9 Å². The van der Waals surface area contributed by atoms with Gasteiger partial charge in [-0.3, -0.25) is 0 Å². The highest BCUT2D eigenvalue weighted by Crippen LogP contribution is 2.32. The van der Waals surface area contributed by atoms with E-state index in [2.05, 4.69) is 97.9 Å². The van der Waals surface area contributed by atoms with Gasteiger partial charge in [0.1, 0.15) is 0 Å². The molecule has 0 amide bonds. The highest BCUT2D eigenvalue weighted by Gasteiger charge is 2.25. The van der Waals surface area contributed by atoms with Crippen LogP contribution in [0.5, 0.6) is 0 Å². The monoisotopic (exact) mass is 436 g/mol. The maximum Gasteiger partial charge on any atom is 0.0946 e. The summed E-state index contributed by atoms with van der Waals surface area (Å²) in [5.74, 6) is 0. The summed E-state index contributed by atoms with van der Waals surface area (Å²) >= 11 is 3.47. The zero-order valence-electron chi connectivity index (χ0n) is 16.1. The van der Waals surface area contributed by atoms with Crippen molar-refractivity contribution in [1.29, 1.82) is 0 Å². The zero-order chi connectivity index (χ0) is 19.5. The Hall–Kier alpha value is -2.37. The molecule has 1 aromatic heterocycles. The Morgan fingerprint density at radius 2 is 2.04 bits per heavy atom. The lowest BCUT2D eigenvalue weighted by molar-refractivity contribution is 0.500. The van der Waals surface area contributed by atoms with E-state index in [1.807, 2.05) is 12.5 Å². The molecule has 144 valence electrons. The van der Waals surface area contributed by atoms with Crippen LogP contribution >= 0.6 is 15.9 Å². The topological polar surface area (TPSA) is 33.1 Å². The molecule has 0 aliphatic carbocycles. The largest absolute Gasteiger partial charge is 0.364 e. The fourth-order valence-corrected chi connectivity index (χ4v) is 4.00. The number of aromatic nitrogens is 2. The standard InChI is InChI=1S/C23H25BrN4/c1-17(24)12-26-21-11-20-10-19(18-6-4-3-5-7-18)8-9-23(20)28(14-21)15-22-13-25-16-27(22)2/h3-10,13,16,21,26H,1,11-12,14-15H2,2H3. The van der Waals surface area contributed by atoms with Crippen molar-refractivity contribution in [3.8, 4) is 11.1 Å². The van der Waals surface area contributed by atoms with Crippen LogP contribution in [0.15, 0.2) is 72.1 Å². The second-order valence-electron chi connectivity index (χ2n) is 7.39. The Balaban J connectivity index is 1.65. The predicted octanol–water partition coefficient (Wildman–Crippen LogP) is 4.52. The Bertz CT molecular complexity index is 964. The summed E-state index contributed by atoms with van der Waals surface area (Å²) in [6.07, 6.45) is 4.83. The van der Waals surface area contributed by atoms with Gasteiger partial charge in [-0.2, -0.15) is 0 Å². The lowest BCUT2D eigenvalue weighted by atomic mass is 9.93. The van der Waals surface area contributed by atoms with Crippen LogP contribution in [-0.4, -0.2) is 28.7 Å². The van der Waals surface area contributed by atoms with Crippen LogP contribution in [0, 0.1) is 0 Å². The van der Waals surface area contributed by atoms with Crippen molar-refractivity contribution in [2.24, 2.45) is 7.05 Å². The molecule has 2 heterocycles. The molecule has 1 N–H and O–H groups in total. The minimum absolute atomic E-state index is 0.376. The Kier molecular flexibility index (Phi) is 5.64. The van der Waals surface area contributed by atoms with E-state index >= 15 is 0 Å². The van der Waals surface area contributed by atoms with E-state index in [1.165, 1.54) is 28.1 Å². The maximum atomic E-state index is 4.28. The van der Waals surface area contributed by atoms with Gasteiger partial charge in [-0.05, 0) is 35.2 Å². The number of rotatable bonds is 6. The molecule has 1 atom stereocenters. The molecular formula is C23H25BrN4. The number of halogens is 1. The third-order valence-electron chi connectivity index (χ3n) is 5.29. The molecule has 0 radical (unpaired) electrons. The van der Waals surface area contributed by atoms with Gasteiger partial charge in [0.25, 0.3) is 0 Å². The van der Waals surface area contributed by atoms with E-state index in [0.29, 0.717) is 6.04 Å². The lowest BCUT2D eigenvalue weighted by Crippen LogP contribution is -2.46. The smallest absolute Gasteiger partial charge is 0.0946 e. The van der Waals surface area contributed by atoms with Crippen LogP contribution < -0.4 is 10.2 Å². The third-order valence-corrected chi connectivity index (χ3v) is 5.57. The molecule has 28 heavy (non-hydrogen) atoms. The van der Waals surface area contributed by atoms with Gasteiger partial charge in [0.15, 0.2) is 0 Å². The molecule has 0 bridgehead atoms. The number of imidazole rings is 1. The van der Waals surface area contributed by atoms with E-state index in [0.717, 1.165) is 30.5 Å². The van der Waals surface area contributed by atoms with Crippen molar-refractivity contribution in [2.75, 3.05) is 18.0 Å². The summed E-state index contributed by atoms with van der Waals surface area (Å²) in [6, 6.07) is 17.8. The highest BCUT2D eigenvalue weighted by atomic mass is 79.9. The molecule has 4 rings (SSSR count). The first-order chi connectivity index (χ1) is 13.6. The van der Waals surface area contributed by atoms with Crippen LogP contribution in [0.25, 0.3) is 11.1 Å². The van der Waals surface area contributed by atoms with E-state index < -0.39 is 0 Å². The van der Waals surface area contributed by atoms with Gasteiger partial charge >= 0.3 is 0 Å². The van der Waals surface area contributed by atoms with Crippen molar-refractivity contribution in [2.45, 2.75) is 19.0 Å². The van der Waals surface area contributed by atoms with Gasteiger partial charge in [-0.25, -0.2) is 4.98 Å². The van der Waals surface area contributed by atoms with E-state index in [9.17, 15) is 0 Å². The van der Waals surface area contributed by atoms with Crippen LogP contribution in [0.2, 0.25) is 0 Å². The van der Waals surface area contributed by atoms with Gasteiger partial charge in [-0.15, -0.1) is 0 Å². The summed E-state index contributed by atoms with van der Waals surface area (Å²) < 4.78 is 3.07. The number of nitrogens with one attached hydrogen (secondary N) is 1. The molecule has 1 aliphatic heterocycles. The Morgan fingerprint density at radius 3 is 2.75 bits per heavy atom. The van der Waals surface area contributed by atoms with Crippen molar-refractivity contribution < 1.29 is 0 Å². The van der Waals surface area contributed by atoms with E-state index in [-0.39, 0.29) is 0 Å². The van der Waals surface area contributed by atoms with E-state index in [1.54, 1.807) is 0 Å². The third kappa shape index (κ3) is 4.21. The number of benzene rings is 2. The first-order valence-corrected chi connectivity index (χ1v) is 10.3. The molecule has 5 heteroatoms. The van der Waals surface area contributed by atoms with Crippen molar-refractivity contribution in [1.82, 2.24) is 14.9 Å². The highest BCUT2D eigenvalue weighted by molar-refractivity contribution is 9.11. The minimum atomic E-state index is 0.376. The zero-order valence-corrected chi connectivity index (χ0v) is 17.7. The maximum absolute atomic E-state index is 4.28. The molecule has 1 aliphatic rings. The molecule has 0 saturated carbocycles. The molecule has 3 aromatic rings. The predicted molar refractivity (Wildman–Crippen MR) is 120 cm³/mol. The number of anilines is 1. The lowest BCUT2D eigenvalue weighted by Gasteiger charge is -2.37. The first kappa shape index (κ1) is 19.0. The van der Waals surface area contributed by atoms with Crippen LogP contribution in [0.4, 0.5) is 5.69 Å².